The molecule has 0 spiro atoms. The van der Waals surface area contributed by atoms with Gasteiger partial charge in [0.05, 0.1) is 5.56 Å². The van der Waals surface area contributed by atoms with Gasteiger partial charge < -0.3 is 10.2 Å². The van der Waals surface area contributed by atoms with Crippen LogP contribution in [0.2, 0.25) is 0 Å². The van der Waals surface area contributed by atoms with Gasteiger partial charge in [-0.2, -0.15) is 5.10 Å². The second kappa shape index (κ2) is 4.49. The minimum absolute atomic E-state index is 0.646. The second-order valence-corrected chi connectivity index (χ2v) is 5.81. The summed E-state index contributed by atoms with van der Waals surface area (Å²) < 4.78 is 7.63. The van der Waals surface area contributed by atoms with Crippen molar-refractivity contribution >= 4 is 28.1 Å². The van der Waals surface area contributed by atoms with E-state index in [0.29, 0.717) is 5.82 Å². The zero-order valence-electron chi connectivity index (χ0n) is 11.4. The number of para-hydroxylation sites is 1. The molecule has 3 heterocycles. The van der Waals surface area contributed by atoms with Crippen LogP contribution in [0.5, 0.6) is 0 Å². The molecule has 0 unspecified atom stereocenters. The largest absolute Gasteiger partial charge is 0.454 e. The molecule has 21 heavy (non-hydrogen) atoms. The number of hydrogen-bond acceptors (Lipinski definition) is 4. The van der Waals surface area contributed by atoms with Crippen molar-refractivity contribution in [3.63, 3.8) is 0 Å². The summed E-state index contributed by atoms with van der Waals surface area (Å²) in [5.74, 6) is 1.39. The molecule has 2 N–H and O–H groups in total. The van der Waals surface area contributed by atoms with Gasteiger partial charge in [0.1, 0.15) is 17.1 Å². The lowest BCUT2D eigenvalue weighted by Crippen LogP contribution is -1.97. The summed E-state index contributed by atoms with van der Waals surface area (Å²) in [5, 5.41) is 7.63. The molecule has 0 bridgehead atoms. The number of nitrogens with two attached hydrogens (primary N) is 1. The second-order valence-electron chi connectivity index (χ2n) is 4.86. The normalized spacial score (nSPS) is 11.3. The number of fused-ring (bicyclic) bond motifs is 1. The van der Waals surface area contributed by atoms with E-state index in [0.717, 1.165) is 32.9 Å². The highest BCUT2D eigenvalue weighted by Crippen LogP contribution is 2.39. The number of anilines is 1. The van der Waals surface area contributed by atoms with E-state index in [1.165, 1.54) is 0 Å². The Morgan fingerprint density at radius 2 is 2.05 bits per heavy atom. The molecule has 3 aromatic heterocycles. The van der Waals surface area contributed by atoms with Crippen LogP contribution in [0.4, 0.5) is 5.82 Å². The molecule has 4 rings (SSSR count). The van der Waals surface area contributed by atoms with Gasteiger partial charge in [0, 0.05) is 17.3 Å². The average molecular weight is 295 g/mol. The maximum atomic E-state index is 6.19. The Morgan fingerprint density at radius 1 is 1.19 bits per heavy atom. The van der Waals surface area contributed by atoms with Gasteiger partial charge in [0.15, 0.2) is 5.76 Å². The van der Waals surface area contributed by atoms with Crippen LogP contribution in [-0.4, -0.2) is 9.78 Å². The van der Waals surface area contributed by atoms with Crippen LogP contribution in [0, 0.1) is 0 Å². The number of thiophene rings is 1. The molecule has 5 heteroatoms. The van der Waals surface area contributed by atoms with Crippen molar-refractivity contribution in [1.29, 1.82) is 0 Å². The van der Waals surface area contributed by atoms with E-state index in [2.05, 4.69) is 5.10 Å². The summed E-state index contributed by atoms with van der Waals surface area (Å²) in [6.45, 7) is 0. The Balaban J connectivity index is 1.98. The van der Waals surface area contributed by atoms with Crippen molar-refractivity contribution in [3.05, 3.63) is 47.8 Å². The van der Waals surface area contributed by atoms with Gasteiger partial charge in [-0.25, -0.2) is 0 Å². The van der Waals surface area contributed by atoms with E-state index >= 15 is 0 Å². The maximum Gasteiger partial charge on any atom is 0.156 e. The highest BCUT2D eigenvalue weighted by Gasteiger charge is 2.20. The first-order valence-corrected chi connectivity index (χ1v) is 7.47. The molecular formula is C16H13N3OS. The number of benzene rings is 1. The number of hydrogen-bond donors (Lipinski definition) is 1. The summed E-state index contributed by atoms with van der Waals surface area (Å²) in [7, 11) is 1.85. The van der Waals surface area contributed by atoms with Crippen molar-refractivity contribution in [2.75, 3.05) is 5.73 Å². The highest BCUT2D eigenvalue weighted by molar-refractivity contribution is 7.13. The molecule has 0 aliphatic rings. The van der Waals surface area contributed by atoms with Gasteiger partial charge in [-0.05, 0) is 23.6 Å². The molecule has 0 aliphatic heterocycles. The molecule has 1 aromatic carbocycles. The van der Waals surface area contributed by atoms with E-state index in [4.69, 9.17) is 10.2 Å². The third-order valence-corrected chi connectivity index (χ3v) is 4.41. The van der Waals surface area contributed by atoms with Crippen molar-refractivity contribution in [2.24, 2.45) is 7.05 Å². The van der Waals surface area contributed by atoms with Gasteiger partial charge in [-0.3, -0.25) is 4.68 Å². The Hall–Kier alpha value is -2.53. The molecule has 0 saturated heterocycles. The van der Waals surface area contributed by atoms with Crippen LogP contribution in [-0.2, 0) is 7.05 Å². The van der Waals surface area contributed by atoms with Crippen LogP contribution in [0.3, 0.4) is 0 Å². The van der Waals surface area contributed by atoms with E-state index in [-0.39, 0.29) is 0 Å². The molecule has 4 nitrogen and oxygen atoms in total. The Morgan fingerprint density at radius 3 is 2.81 bits per heavy atom. The number of furan rings is 1. The number of aryl methyl sites for hydroxylation is 1. The van der Waals surface area contributed by atoms with Crippen LogP contribution in [0.15, 0.2) is 52.3 Å². The number of rotatable bonds is 2. The lowest BCUT2D eigenvalue weighted by Gasteiger charge is -1.98. The van der Waals surface area contributed by atoms with Crippen molar-refractivity contribution in [1.82, 2.24) is 9.78 Å². The molecule has 0 atom stereocenters. The predicted molar refractivity (Wildman–Crippen MR) is 86.1 cm³/mol. The topological polar surface area (TPSA) is 57.0 Å². The quantitative estimate of drug-likeness (QED) is 0.604. The lowest BCUT2D eigenvalue weighted by atomic mass is 10.1. The SMILES string of the molecule is Cn1nc(-c2cc3ccccc3o2)c(-c2cccs2)c1N. The standard InChI is InChI=1S/C16H13N3OS/c1-19-16(17)14(13-7-4-8-21-13)15(18-19)12-9-10-5-2-3-6-11(10)20-12/h2-9H,17H2,1H3. The average Bonchev–Trinajstić information content (AvgIpc) is 3.18. The third-order valence-electron chi connectivity index (χ3n) is 3.52. The van der Waals surface area contributed by atoms with Gasteiger partial charge in [0.25, 0.3) is 0 Å². The number of nitrogen functional groups attached to an aromatic ring is 1. The highest BCUT2D eigenvalue weighted by atomic mass is 32.1. The van der Waals surface area contributed by atoms with Crippen molar-refractivity contribution < 1.29 is 4.42 Å². The molecule has 0 aliphatic carbocycles. The van der Waals surface area contributed by atoms with E-state index in [1.54, 1.807) is 16.0 Å². The first kappa shape index (κ1) is 12.2. The smallest absolute Gasteiger partial charge is 0.156 e. The molecule has 0 saturated carbocycles. The van der Waals surface area contributed by atoms with Gasteiger partial charge in [-0.1, -0.05) is 24.3 Å². The fraction of sp³-hybridized carbons (Fsp3) is 0.0625. The summed E-state index contributed by atoms with van der Waals surface area (Å²) in [6, 6.07) is 14.0. The summed E-state index contributed by atoms with van der Waals surface area (Å²) >= 11 is 1.64. The lowest BCUT2D eigenvalue weighted by molar-refractivity contribution is 0.625. The first-order chi connectivity index (χ1) is 10.2. The van der Waals surface area contributed by atoms with Crippen molar-refractivity contribution in [3.8, 4) is 21.9 Å². The molecule has 4 aromatic rings. The Labute approximate surface area is 125 Å². The fourth-order valence-corrected chi connectivity index (χ4v) is 3.25. The zero-order chi connectivity index (χ0) is 14.4. The van der Waals surface area contributed by atoms with Crippen molar-refractivity contribution in [2.45, 2.75) is 0 Å². The molecule has 0 radical (unpaired) electrons. The van der Waals surface area contributed by atoms with Crippen LogP contribution >= 0.6 is 11.3 Å². The number of nitrogens with zero attached hydrogens (tertiary/aromatic N) is 2. The molecular weight excluding hydrogens is 282 g/mol. The van der Waals surface area contributed by atoms with Gasteiger partial charge in [0.2, 0.25) is 0 Å². The van der Waals surface area contributed by atoms with E-state index in [1.807, 2.05) is 54.9 Å². The van der Waals surface area contributed by atoms with Crippen LogP contribution in [0.25, 0.3) is 32.9 Å². The van der Waals surface area contributed by atoms with E-state index in [9.17, 15) is 0 Å². The fourth-order valence-electron chi connectivity index (χ4n) is 2.47. The maximum absolute atomic E-state index is 6.19. The van der Waals surface area contributed by atoms with Gasteiger partial charge in [-0.15, -0.1) is 11.3 Å². The van der Waals surface area contributed by atoms with E-state index < -0.39 is 0 Å². The molecule has 0 fully saturated rings. The Kier molecular flexibility index (Phi) is 2.62. The first-order valence-electron chi connectivity index (χ1n) is 6.59. The molecule has 0 amide bonds. The van der Waals surface area contributed by atoms with Crippen LogP contribution < -0.4 is 5.73 Å². The zero-order valence-corrected chi connectivity index (χ0v) is 12.2. The monoisotopic (exact) mass is 295 g/mol. The predicted octanol–water partition coefficient (Wildman–Crippen LogP) is 4.14. The number of aromatic nitrogens is 2. The summed E-state index contributed by atoms with van der Waals surface area (Å²) in [4.78, 5) is 1.09. The minimum atomic E-state index is 0.646. The molecule has 104 valence electrons. The minimum Gasteiger partial charge on any atom is -0.454 e. The summed E-state index contributed by atoms with van der Waals surface area (Å²) in [6.07, 6.45) is 0. The third kappa shape index (κ3) is 1.86. The summed E-state index contributed by atoms with van der Waals surface area (Å²) in [5.41, 5.74) is 8.77. The Bertz CT molecular complexity index is 885. The van der Waals surface area contributed by atoms with Crippen LogP contribution in [0.1, 0.15) is 0 Å². The van der Waals surface area contributed by atoms with Gasteiger partial charge >= 0.3 is 0 Å².